The molecule has 5 nitrogen and oxygen atoms in total. The largest absolute Gasteiger partial charge is 0.352 e. The van der Waals surface area contributed by atoms with Gasteiger partial charge in [-0.25, -0.2) is 0 Å². The number of rotatable bonds is 4. The number of nitrogens with one attached hydrogen (secondary N) is 1. The number of nitrogens with zero attached hydrogens (tertiary/aromatic N) is 3. The third-order valence-electron chi connectivity index (χ3n) is 4.10. The average molecular weight is 264 g/mol. The second kappa shape index (κ2) is 7.46. The molecule has 1 aliphatic heterocycles. The fraction of sp³-hybridized carbons (Fsp3) is 0.857. The summed E-state index contributed by atoms with van der Waals surface area (Å²) in [5, 5.41) is 11.8. The lowest BCUT2D eigenvalue weighted by molar-refractivity contribution is -0.123. The molecule has 1 saturated carbocycles. The van der Waals surface area contributed by atoms with Crippen LogP contribution in [0.4, 0.5) is 0 Å². The molecule has 1 N–H and O–H groups in total. The van der Waals surface area contributed by atoms with E-state index in [0.29, 0.717) is 19.1 Å². The van der Waals surface area contributed by atoms with Gasteiger partial charge in [-0.1, -0.05) is 19.3 Å². The standard InChI is InChI=1S/C14H24N4O/c15-6-7-17-8-10-18(11-9-17)12-14(19)16-13-4-2-1-3-5-13/h13H,1-5,7-12H2,(H,16,19). The molecule has 1 amide bonds. The summed E-state index contributed by atoms with van der Waals surface area (Å²) in [7, 11) is 0. The van der Waals surface area contributed by atoms with E-state index in [4.69, 9.17) is 5.26 Å². The average Bonchev–Trinajstić information content (AvgIpc) is 2.42. The number of carbonyl (C=O) groups excluding carboxylic acids is 1. The lowest BCUT2D eigenvalue weighted by Gasteiger charge is -2.33. The first-order valence-electron chi connectivity index (χ1n) is 7.39. The van der Waals surface area contributed by atoms with E-state index in [1.54, 1.807) is 0 Å². The van der Waals surface area contributed by atoms with Gasteiger partial charge in [-0.15, -0.1) is 0 Å². The number of carbonyl (C=O) groups is 1. The first-order chi connectivity index (χ1) is 9.28. The highest BCUT2D eigenvalue weighted by atomic mass is 16.2. The van der Waals surface area contributed by atoms with Crippen LogP contribution in [-0.2, 0) is 4.79 Å². The summed E-state index contributed by atoms with van der Waals surface area (Å²) in [5.74, 6) is 0.167. The van der Waals surface area contributed by atoms with Crippen molar-refractivity contribution in [2.24, 2.45) is 0 Å². The Kier molecular flexibility index (Phi) is 5.62. The van der Waals surface area contributed by atoms with E-state index in [9.17, 15) is 4.79 Å². The maximum atomic E-state index is 12.0. The molecule has 0 aromatic heterocycles. The van der Waals surface area contributed by atoms with E-state index in [2.05, 4.69) is 21.2 Å². The highest BCUT2D eigenvalue weighted by Crippen LogP contribution is 2.17. The summed E-state index contributed by atoms with van der Waals surface area (Å²) in [6.07, 6.45) is 6.09. The van der Waals surface area contributed by atoms with Gasteiger partial charge in [0, 0.05) is 32.2 Å². The van der Waals surface area contributed by atoms with Gasteiger partial charge in [-0.2, -0.15) is 5.26 Å². The van der Waals surface area contributed by atoms with Crippen LogP contribution in [0.3, 0.4) is 0 Å². The minimum absolute atomic E-state index is 0.167. The minimum Gasteiger partial charge on any atom is -0.352 e. The monoisotopic (exact) mass is 264 g/mol. The first kappa shape index (κ1) is 14.3. The Morgan fingerprint density at radius 1 is 1.11 bits per heavy atom. The summed E-state index contributed by atoms with van der Waals surface area (Å²) >= 11 is 0. The van der Waals surface area contributed by atoms with Gasteiger partial charge in [0.25, 0.3) is 0 Å². The van der Waals surface area contributed by atoms with Crippen LogP contribution in [0, 0.1) is 11.3 Å². The zero-order valence-electron chi connectivity index (χ0n) is 11.6. The van der Waals surface area contributed by atoms with Crippen molar-refractivity contribution in [1.82, 2.24) is 15.1 Å². The van der Waals surface area contributed by atoms with Gasteiger partial charge in [0.15, 0.2) is 0 Å². The Bertz CT molecular complexity index is 325. The fourth-order valence-electron chi connectivity index (χ4n) is 2.93. The molecule has 2 fully saturated rings. The molecule has 0 radical (unpaired) electrons. The van der Waals surface area contributed by atoms with E-state index in [-0.39, 0.29) is 5.91 Å². The van der Waals surface area contributed by atoms with E-state index >= 15 is 0 Å². The minimum atomic E-state index is 0.167. The second-order valence-corrected chi connectivity index (χ2v) is 5.61. The van der Waals surface area contributed by atoms with Crippen molar-refractivity contribution in [1.29, 1.82) is 5.26 Å². The summed E-state index contributed by atoms with van der Waals surface area (Å²) in [4.78, 5) is 16.3. The molecule has 1 heterocycles. The molecule has 0 unspecified atom stereocenters. The lowest BCUT2D eigenvalue weighted by Crippen LogP contribution is -2.50. The van der Waals surface area contributed by atoms with Crippen molar-refractivity contribution in [3.63, 3.8) is 0 Å². The highest BCUT2D eigenvalue weighted by Gasteiger charge is 2.20. The third kappa shape index (κ3) is 4.81. The molecule has 0 aromatic carbocycles. The van der Waals surface area contributed by atoms with Crippen LogP contribution in [0.25, 0.3) is 0 Å². The fourth-order valence-corrected chi connectivity index (χ4v) is 2.93. The van der Waals surface area contributed by atoms with E-state index in [1.165, 1.54) is 19.3 Å². The molecule has 0 spiro atoms. The van der Waals surface area contributed by atoms with Gasteiger partial charge in [0.05, 0.1) is 19.2 Å². The number of piperazine rings is 1. The van der Waals surface area contributed by atoms with Crippen molar-refractivity contribution in [3.8, 4) is 6.07 Å². The smallest absolute Gasteiger partial charge is 0.234 e. The van der Waals surface area contributed by atoms with E-state index in [1.807, 2.05) is 0 Å². The molecule has 1 aliphatic carbocycles. The molecule has 2 rings (SSSR count). The molecule has 1 saturated heterocycles. The summed E-state index contributed by atoms with van der Waals surface area (Å²) in [5.41, 5.74) is 0. The highest BCUT2D eigenvalue weighted by molar-refractivity contribution is 5.78. The van der Waals surface area contributed by atoms with Crippen molar-refractivity contribution in [2.45, 2.75) is 38.1 Å². The molecule has 5 heteroatoms. The van der Waals surface area contributed by atoms with Gasteiger partial charge >= 0.3 is 0 Å². The van der Waals surface area contributed by atoms with Crippen LogP contribution in [-0.4, -0.2) is 61.0 Å². The molecule has 0 aromatic rings. The zero-order chi connectivity index (χ0) is 13.5. The Hall–Kier alpha value is -1.12. The van der Waals surface area contributed by atoms with Crippen LogP contribution in [0.5, 0.6) is 0 Å². The second-order valence-electron chi connectivity index (χ2n) is 5.61. The molecular formula is C14H24N4O. The first-order valence-corrected chi connectivity index (χ1v) is 7.39. The predicted octanol–water partition coefficient (Wildman–Crippen LogP) is 0.576. The SMILES string of the molecule is N#CCN1CCN(CC(=O)NC2CCCCC2)CC1. The van der Waals surface area contributed by atoms with Crippen LogP contribution < -0.4 is 5.32 Å². The summed E-state index contributed by atoms with van der Waals surface area (Å²) < 4.78 is 0. The van der Waals surface area contributed by atoms with Crippen LogP contribution in [0.2, 0.25) is 0 Å². The lowest BCUT2D eigenvalue weighted by atomic mass is 9.95. The number of nitriles is 1. The molecule has 0 bridgehead atoms. The number of hydrogen-bond acceptors (Lipinski definition) is 4. The Morgan fingerprint density at radius 2 is 1.74 bits per heavy atom. The van der Waals surface area contributed by atoms with Gasteiger partial charge < -0.3 is 5.32 Å². The zero-order valence-corrected chi connectivity index (χ0v) is 11.6. The Labute approximate surface area is 115 Å². The van der Waals surface area contributed by atoms with Crippen LogP contribution in [0.15, 0.2) is 0 Å². The van der Waals surface area contributed by atoms with Crippen LogP contribution in [0.1, 0.15) is 32.1 Å². The van der Waals surface area contributed by atoms with Gasteiger partial charge in [-0.3, -0.25) is 14.6 Å². The number of amides is 1. The van der Waals surface area contributed by atoms with Crippen molar-refractivity contribution in [2.75, 3.05) is 39.3 Å². The molecule has 106 valence electrons. The molecule has 2 aliphatic rings. The summed E-state index contributed by atoms with van der Waals surface area (Å²) in [6.45, 7) is 4.58. The van der Waals surface area contributed by atoms with Crippen LogP contribution >= 0.6 is 0 Å². The Balaban J connectivity index is 1.64. The maximum absolute atomic E-state index is 12.0. The number of hydrogen-bond donors (Lipinski definition) is 1. The predicted molar refractivity (Wildman–Crippen MR) is 73.5 cm³/mol. The maximum Gasteiger partial charge on any atom is 0.234 e. The molecular weight excluding hydrogens is 240 g/mol. The van der Waals surface area contributed by atoms with E-state index in [0.717, 1.165) is 39.0 Å². The van der Waals surface area contributed by atoms with E-state index < -0.39 is 0 Å². The molecule has 0 atom stereocenters. The van der Waals surface area contributed by atoms with Gasteiger partial charge in [0.2, 0.25) is 5.91 Å². The molecule has 19 heavy (non-hydrogen) atoms. The van der Waals surface area contributed by atoms with Crippen molar-refractivity contribution in [3.05, 3.63) is 0 Å². The van der Waals surface area contributed by atoms with Gasteiger partial charge in [0.1, 0.15) is 0 Å². The van der Waals surface area contributed by atoms with Crippen molar-refractivity contribution >= 4 is 5.91 Å². The van der Waals surface area contributed by atoms with Crippen molar-refractivity contribution < 1.29 is 4.79 Å². The summed E-state index contributed by atoms with van der Waals surface area (Å²) in [6, 6.07) is 2.58. The van der Waals surface area contributed by atoms with Gasteiger partial charge in [-0.05, 0) is 12.8 Å². The quantitative estimate of drug-likeness (QED) is 0.755. The third-order valence-corrected chi connectivity index (χ3v) is 4.10. The Morgan fingerprint density at radius 3 is 2.37 bits per heavy atom. The topological polar surface area (TPSA) is 59.4 Å². The normalized spacial score (nSPS) is 22.9.